The Balaban J connectivity index is 1.81. The van der Waals surface area contributed by atoms with Crippen LogP contribution in [0, 0.1) is 0 Å². The minimum absolute atomic E-state index is 0.184. The summed E-state index contributed by atoms with van der Waals surface area (Å²) in [7, 11) is 0. The van der Waals surface area contributed by atoms with Gasteiger partial charge in [0, 0.05) is 24.5 Å². The fraction of sp³-hybridized carbons (Fsp3) is 0.154. The van der Waals surface area contributed by atoms with Crippen molar-refractivity contribution in [1.29, 1.82) is 0 Å². The van der Waals surface area contributed by atoms with E-state index >= 15 is 0 Å². The first kappa shape index (κ1) is 12.6. The zero-order valence-electron chi connectivity index (χ0n) is 10.6. The first-order valence-electron chi connectivity index (χ1n) is 6.13. The van der Waals surface area contributed by atoms with Crippen molar-refractivity contribution in [2.24, 2.45) is 0 Å². The summed E-state index contributed by atoms with van der Waals surface area (Å²) in [6.45, 7) is 0.729. The third kappa shape index (κ3) is 2.48. The van der Waals surface area contributed by atoms with Crippen LogP contribution in [-0.4, -0.2) is 21.5 Å². The van der Waals surface area contributed by atoms with E-state index in [1.165, 1.54) is 6.33 Å². The number of fused-ring (bicyclic) bond motifs is 1. The predicted octanol–water partition coefficient (Wildman–Crippen LogP) is 1.62. The van der Waals surface area contributed by atoms with Gasteiger partial charge in [0.1, 0.15) is 0 Å². The molecule has 4 N–H and O–H groups in total. The lowest BCUT2D eigenvalue weighted by Crippen LogP contribution is -2.10. The molecule has 6 nitrogen and oxygen atoms in total. The van der Waals surface area contributed by atoms with Crippen LogP contribution >= 0.6 is 11.3 Å². The Kier molecular flexibility index (Phi) is 3.34. The number of rotatable bonds is 4. The third-order valence-corrected chi connectivity index (χ3v) is 3.79. The lowest BCUT2D eigenvalue weighted by molar-refractivity contribution is 0.999. The van der Waals surface area contributed by atoms with Crippen molar-refractivity contribution < 1.29 is 0 Å². The summed E-state index contributed by atoms with van der Waals surface area (Å²) < 4.78 is 0. The molecule has 0 aliphatic rings. The summed E-state index contributed by atoms with van der Waals surface area (Å²) in [6, 6.07) is 3.44. The molecule has 0 fully saturated rings. The monoisotopic (exact) mass is 287 g/mol. The Morgan fingerprint density at radius 2 is 2.25 bits per heavy atom. The van der Waals surface area contributed by atoms with E-state index in [1.54, 1.807) is 29.7 Å². The molecule has 1 aromatic carbocycles. The number of aromatic nitrogens is 3. The number of H-pyrrole nitrogens is 1. The maximum Gasteiger partial charge on any atom is 0.258 e. The smallest absolute Gasteiger partial charge is 0.258 e. The van der Waals surface area contributed by atoms with E-state index in [9.17, 15) is 4.79 Å². The average Bonchev–Trinajstić information content (AvgIpc) is 2.94. The molecule has 7 heteroatoms. The zero-order valence-corrected chi connectivity index (χ0v) is 11.4. The van der Waals surface area contributed by atoms with Crippen molar-refractivity contribution >= 4 is 33.6 Å². The standard InChI is InChI=1S/C13H13N5OS/c14-9-5-8-10(17-7-18-13(8)19)6-11(9)15-2-1-12-16-3-4-20-12/h3-7,15H,1-2,14H2,(H,17,18,19). The molecule has 0 spiro atoms. The third-order valence-electron chi connectivity index (χ3n) is 2.95. The van der Waals surface area contributed by atoms with Gasteiger partial charge in [-0.25, -0.2) is 9.97 Å². The van der Waals surface area contributed by atoms with Crippen molar-refractivity contribution in [3.63, 3.8) is 0 Å². The van der Waals surface area contributed by atoms with E-state index in [1.807, 2.05) is 5.38 Å². The number of hydrogen-bond donors (Lipinski definition) is 3. The number of aromatic amines is 1. The number of nitrogens with one attached hydrogen (secondary N) is 2. The van der Waals surface area contributed by atoms with Gasteiger partial charge in [-0.2, -0.15) is 0 Å². The average molecular weight is 287 g/mol. The number of nitrogens with two attached hydrogens (primary N) is 1. The quantitative estimate of drug-likeness (QED) is 0.633. The lowest BCUT2D eigenvalue weighted by atomic mass is 10.2. The summed E-state index contributed by atoms with van der Waals surface area (Å²) in [6.07, 6.45) is 4.01. The highest BCUT2D eigenvalue weighted by Crippen LogP contribution is 2.22. The van der Waals surface area contributed by atoms with Gasteiger partial charge in [-0.3, -0.25) is 4.79 Å². The van der Waals surface area contributed by atoms with Crippen LogP contribution in [0.4, 0.5) is 11.4 Å². The van der Waals surface area contributed by atoms with Crippen LogP contribution in [-0.2, 0) is 6.42 Å². The van der Waals surface area contributed by atoms with E-state index in [-0.39, 0.29) is 5.56 Å². The molecule has 3 aromatic rings. The van der Waals surface area contributed by atoms with Crippen LogP contribution in [0.3, 0.4) is 0 Å². The van der Waals surface area contributed by atoms with E-state index < -0.39 is 0 Å². The molecule has 2 aromatic heterocycles. The van der Waals surface area contributed by atoms with Gasteiger partial charge in [-0.1, -0.05) is 0 Å². The minimum Gasteiger partial charge on any atom is -0.397 e. The van der Waals surface area contributed by atoms with Crippen molar-refractivity contribution in [3.8, 4) is 0 Å². The molecular weight excluding hydrogens is 274 g/mol. The van der Waals surface area contributed by atoms with Crippen molar-refractivity contribution in [2.45, 2.75) is 6.42 Å². The molecule has 0 saturated carbocycles. The molecule has 0 aliphatic carbocycles. The Bertz CT molecular complexity index is 781. The number of nitrogens with zero attached hydrogens (tertiary/aromatic N) is 2. The molecular formula is C13H13N5OS. The van der Waals surface area contributed by atoms with E-state index in [4.69, 9.17) is 5.73 Å². The fourth-order valence-corrected chi connectivity index (χ4v) is 2.59. The van der Waals surface area contributed by atoms with Crippen LogP contribution in [0.15, 0.2) is 34.8 Å². The van der Waals surface area contributed by atoms with Gasteiger partial charge < -0.3 is 16.0 Å². The van der Waals surface area contributed by atoms with Gasteiger partial charge in [0.25, 0.3) is 5.56 Å². The highest BCUT2D eigenvalue weighted by atomic mass is 32.1. The largest absolute Gasteiger partial charge is 0.397 e. The van der Waals surface area contributed by atoms with Gasteiger partial charge in [-0.05, 0) is 12.1 Å². The van der Waals surface area contributed by atoms with E-state index in [2.05, 4.69) is 20.3 Å². The summed E-state index contributed by atoms with van der Waals surface area (Å²) in [5.74, 6) is 0. The van der Waals surface area contributed by atoms with Gasteiger partial charge in [-0.15, -0.1) is 11.3 Å². The maximum absolute atomic E-state index is 11.6. The van der Waals surface area contributed by atoms with Crippen molar-refractivity contribution in [2.75, 3.05) is 17.6 Å². The summed E-state index contributed by atoms with van der Waals surface area (Å²) >= 11 is 1.63. The SMILES string of the molecule is Nc1cc2c(=O)[nH]cnc2cc1NCCc1nccs1. The molecule has 3 rings (SSSR count). The number of thiazole rings is 1. The molecule has 0 aliphatic heterocycles. The van der Waals surface area contributed by atoms with E-state index in [0.29, 0.717) is 16.6 Å². The Hall–Kier alpha value is -2.41. The molecule has 0 radical (unpaired) electrons. The summed E-state index contributed by atoms with van der Waals surface area (Å²) in [5.41, 5.74) is 7.72. The lowest BCUT2D eigenvalue weighted by Gasteiger charge is -2.09. The first-order valence-corrected chi connectivity index (χ1v) is 7.01. The molecule has 0 atom stereocenters. The predicted molar refractivity (Wildman–Crippen MR) is 81.1 cm³/mol. The van der Waals surface area contributed by atoms with Crippen LogP contribution in [0.1, 0.15) is 5.01 Å². The molecule has 0 saturated heterocycles. The first-order chi connectivity index (χ1) is 9.74. The highest BCUT2D eigenvalue weighted by Gasteiger charge is 2.05. The van der Waals surface area contributed by atoms with Gasteiger partial charge >= 0.3 is 0 Å². The second-order valence-electron chi connectivity index (χ2n) is 4.29. The second-order valence-corrected chi connectivity index (χ2v) is 5.27. The number of hydrogen-bond acceptors (Lipinski definition) is 6. The van der Waals surface area contributed by atoms with Crippen molar-refractivity contribution in [1.82, 2.24) is 15.0 Å². The van der Waals surface area contributed by atoms with Crippen LogP contribution < -0.4 is 16.6 Å². The molecule has 0 bridgehead atoms. The Morgan fingerprint density at radius 3 is 3.05 bits per heavy atom. The number of benzene rings is 1. The fourth-order valence-electron chi connectivity index (χ4n) is 1.97. The molecule has 20 heavy (non-hydrogen) atoms. The van der Waals surface area contributed by atoms with Gasteiger partial charge in [0.15, 0.2) is 0 Å². The summed E-state index contributed by atoms with van der Waals surface area (Å²) in [5, 5.41) is 6.78. The van der Waals surface area contributed by atoms with Crippen LogP contribution in [0.25, 0.3) is 10.9 Å². The summed E-state index contributed by atoms with van der Waals surface area (Å²) in [4.78, 5) is 22.5. The minimum atomic E-state index is -0.184. The van der Waals surface area contributed by atoms with Crippen molar-refractivity contribution in [3.05, 3.63) is 45.4 Å². The van der Waals surface area contributed by atoms with Gasteiger partial charge in [0.05, 0.1) is 33.6 Å². The Morgan fingerprint density at radius 1 is 1.35 bits per heavy atom. The highest BCUT2D eigenvalue weighted by molar-refractivity contribution is 7.09. The second kappa shape index (κ2) is 5.30. The molecule has 102 valence electrons. The van der Waals surface area contributed by atoms with E-state index in [0.717, 1.165) is 23.7 Å². The topological polar surface area (TPSA) is 96.7 Å². The maximum atomic E-state index is 11.6. The van der Waals surface area contributed by atoms with Crippen LogP contribution in [0.2, 0.25) is 0 Å². The number of nitrogen functional groups attached to an aromatic ring is 1. The molecule has 0 unspecified atom stereocenters. The normalized spacial score (nSPS) is 10.8. The number of anilines is 2. The van der Waals surface area contributed by atoms with Gasteiger partial charge in [0.2, 0.25) is 0 Å². The molecule has 0 amide bonds. The Labute approximate surface area is 118 Å². The molecule has 2 heterocycles. The zero-order chi connectivity index (χ0) is 13.9. The van der Waals surface area contributed by atoms with Crippen LogP contribution in [0.5, 0.6) is 0 Å².